The van der Waals surface area contributed by atoms with Crippen LogP contribution >= 0.6 is 11.8 Å². The van der Waals surface area contributed by atoms with Crippen molar-refractivity contribution in [2.45, 2.75) is 18.6 Å². The second kappa shape index (κ2) is 9.94. The topological polar surface area (TPSA) is 121 Å². The first-order chi connectivity index (χ1) is 15.0. The molecule has 11 heteroatoms. The number of nitrogens with zero attached hydrogens (tertiary/aromatic N) is 4. The molecule has 1 aromatic heterocycles. The van der Waals surface area contributed by atoms with Crippen LogP contribution in [0, 0.1) is 10.1 Å². The van der Waals surface area contributed by atoms with E-state index in [1.807, 2.05) is 23.6 Å². The van der Waals surface area contributed by atoms with E-state index in [1.165, 1.54) is 36.0 Å². The van der Waals surface area contributed by atoms with Gasteiger partial charge in [-0.25, -0.2) is 0 Å². The maximum absolute atomic E-state index is 12.3. The third kappa shape index (κ3) is 5.12. The zero-order chi connectivity index (χ0) is 22.4. The van der Waals surface area contributed by atoms with E-state index in [2.05, 4.69) is 15.5 Å². The lowest BCUT2D eigenvalue weighted by Gasteiger charge is -2.11. The Labute approximate surface area is 182 Å². The van der Waals surface area contributed by atoms with Gasteiger partial charge in [0, 0.05) is 29.9 Å². The number of hydrogen-bond donors (Lipinski definition) is 1. The fraction of sp³-hybridized carbons (Fsp3) is 0.250. The molecule has 1 amide bonds. The van der Waals surface area contributed by atoms with Crippen LogP contribution in [-0.2, 0) is 11.3 Å². The zero-order valence-electron chi connectivity index (χ0n) is 17.2. The van der Waals surface area contributed by atoms with Gasteiger partial charge >= 0.3 is 0 Å². The number of carbonyl (C=O) groups excluding carboxylic acids is 1. The van der Waals surface area contributed by atoms with Crippen LogP contribution in [0.2, 0.25) is 0 Å². The maximum atomic E-state index is 12.3. The van der Waals surface area contributed by atoms with Crippen molar-refractivity contribution in [3.05, 3.63) is 52.6 Å². The number of hydrogen-bond acceptors (Lipinski definition) is 8. The largest absolute Gasteiger partial charge is 0.493 e. The Morgan fingerprint density at radius 3 is 2.45 bits per heavy atom. The van der Waals surface area contributed by atoms with Crippen molar-refractivity contribution < 1.29 is 19.2 Å². The summed E-state index contributed by atoms with van der Waals surface area (Å²) in [5.41, 5.74) is 1.26. The number of methoxy groups -OCH3 is 2. The fourth-order valence-corrected chi connectivity index (χ4v) is 3.67. The third-order valence-electron chi connectivity index (χ3n) is 4.37. The average molecular weight is 443 g/mol. The van der Waals surface area contributed by atoms with Gasteiger partial charge in [-0.05, 0) is 37.3 Å². The van der Waals surface area contributed by atoms with Crippen molar-refractivity contribution >= 4 is 29.0 Å². The molecule has 0 aliphatic rings. The van der Waals surface area contributed by atoms with Crippen LogP contribution in [0.15, 0.2) is 47.6 Å². The van der Waals surface area contributed by atoms with E-state index < -0.39 is 4.92 Å². The van der Waals surface area contributed by atoms with Gasteiger partial charge in [-0.3, -0.25) is 14.9 Å². The highest BCUT2D eigenvalue weighted by Gasteiger charge is 2.16. The number of rotatable bonds is 9. The molecule has 3 rings (SSSR count). The van der Waals surface area contributed by atoms with E-state index in [-0.39, 0.29) is 17.3 Å². The molecule has 0 saturated carbocycles. The van der Waals surface area contributed by atoms with Crippen LogP contribution < -0.4 is 14.8 Å². The lowest BCUT2D eigenvalue weighted by molar-refractivity contribution is -0.384. The second-order valence-electron chi connectivity index (χ2n) is 6.26. The maximum Gasteiger partial charge on any atom is 0.269 e. The molecule has 0 fully saturated rings. The van der Waals surface area contributed by atoms with Crippen LogP contribution in [0.5, 0.6) is 11.5 Å². The molecular formula is C20H21N5O5S. The van der Waals surface area contributed by atoms with Crippen molar-refractivity contribution in [1.29, 1.82) is 0 Å². The first kappa shape index (κ1) is 22.1. The minimum absolute atomic E-state index is 0.0360. The number of thioether (sulfide) groups is 1. The summed E-state index contributed by atoms with van der Waals surface area (Å²) < 4.78 is 12.5. The van der Waals surface area contributed by atoms with Gasteiger partial charge in [0.25, 0.3) is 5.69 Å². The SMILES string of the molecule is CCn1c(SCC(=O)Nc2ccc([N+](=O)[O-])cc2)nnc1-c1ccc(OC)c(OC)c1. The van der Waals surface area contributed by atoms with Gasteiger partial charge in [0.15, 0.2) is 22.5 Å². The number of benzene rings is 2. The van der Waals surface area contributed by atoms with Crippen molar-refractivity contribution in [2.24, 2.45) is 0 Å². The number of nitrogens with one attached hydrogen (secondary N) is 1. The van der Waals surface area contributed by atoms with Crippen molar-refractivity contribution in [3.63, 3.8) is 0 Å². The summed E-state index contributed by atoms with van der Waals surface area (Å²) in [4.78, 5) is 22.5. The van der Waals surface area contributed by atoms with Crippen LogP contribution in [0.25, 0.3) is 11.4 Å². The van der Waals surface area contributed by atoms with Crippen LogP contribution in [0.3, 0.4) is 0 Å². The summed E-state index contributed by atoms with van der Waals surface area (Å²) in [5.74, 6) is 1.72. The molecule has 0 saturated heterocycles. The van der Waals surface area contributed by atoms with Crippen LogP contribution in [0.1, 0.15) is 6.92 Å². The molecule has 0 radical (unpaired) electrons. The summed E-state index contributed by atoms with van der Waals surface area (Å²) in [5, 5.41) is 22.5. The number of nitro benzene ring substituents is 1. The molecule has 1 heterocycles. The number of nitro groups is 1. The van der Waals surface area contributed by atoms with Gasteiger partial charge in [-0.2, -0.15) is 0 Å². The molecule has 2 aromatic carbocycles. The number of carbonyl (C=O) groups is 1. The summed E-state index contributed by atoms with van der Waals surface area (Å²) in [6.45, 7) is 2.58. The Bertz CT molecular complexity index is 1080. The lowest BCUT2D eigenvalue weighted by atomic mass is 10.2. The van der Waals surface area contributed by atoms with Crippen molar-refractivity contribution in [1.82, 2.24) is 14.8 Å². The lowest BCUT2D eigenvalue weighted by Crippen LogP contribution is -2.14. The average Bonchev–Trinajstić information content (AvgIpc) is 3.20. The first-order valence-electron chi connectivity index (χ1n) is 9.29. The van der Waals surface area contributed by atoms with Crippen LogP contribution in [-0.4, -0.2) is 45.6 Å². The number of ether oxygens (including phenoxy) is 2. The molecule has 10 nitrogen and oxygen atoms in total. The Kier molecular flexibility index (Phi) is 7.08. The fourth-order valence-electron chi connectivity index (χ4n) is 2.86. The summed E-state index contributed by atoms with van der Waals surface area (Å²) in [6, 6.07) is 11.2. The molecule has 0 aliphatic heterocycles. The Morgan fingerprint density at radius 2 is 1.84 bits per heavy atom. The van der Waals surface area contributed by atoms with Gasteiger partial charge < -0.3 is 19.4 Å². The van der Waals surface area contributed by atoms with E-state index >= 15 is 0 Å². The first-order valence-corrected chi connectivity index (χ1v) is 10.3. The molecule has 0 spiro atoms. The number of amides is 1. The van der Waals surface area contributed by atoms with E-state index in [0.29, 0.717) is 34.7 Å². The molecule has 1 N–H and O–H groups in total. The van der Waals surface area contributed by atoms with Gasteiger partial charge in [0.05, 0.1) is 24.9 Å². The molecule has 0 unspecified atom stereocenters. The summed E-state index contributed by atoms with van der Waals surface area (Å²) in [7, 11) is 3.14. The highest BCUT2D eigenvalue weighted by Crippen LogP contribution is 2.32. The summed E-state index contributed by atoms with van der Waals surface area (Å²) in [6.07, 6.45) is 0. The van der Waals surface area contributed by atoms with Gasteiger partial charge in [-0.15, -0.1) is 10.2 Å². The second-order valence-corrected chi connectivity index (χ2v) is 7.20. The molecular weight excluding hydrogens is 422 g/mol. The Balaban J connectivity index is 1.69. The molecule has 0 atom stereocenters. The Morgan fingerprint density at radius 1 is 1.13 bits per heavy atom. The van der Waals surface area contributed by atoms with E-state index in [0.717, 1.165) is 5.56 Å². The Hall–Kier alpha value is -3.60. The third-order valence-corrected chi connectivity index (χ3v) is 5.34. The standard InChI is InChI=1S/C20H21N5O5S/c1-4-24-19(13-5-10-16(29-2)17(11-13)30-3)22-23-20(24)31-12-18(26)21-14-6-8-15(9-7-14)25(27)28/h5-11H,4,12H2,1-3H3,(H,21,26). The van der Waals surface area contributed by atoms with Crippen LogP contribution in [0.4, 0.5) is 11.4 Å². The highest BCUT2D eigenvalue weighted by molar-refractivity contribution is 7.99. The number of non-ortho nitro benzene ring substituents is 1. The van der Waals surface area contributed by atoms with Crippen molar-refractivity contribution in [2.75, 3.05) is 25.3 Å². The highest BCUT2D eigenvalue weighted by atomic mass is 32.2. The zero-order valence-corrected chi connectivity index (χ0v) is 18.0. The van der Waals surface area contributed by atoms with Gasteiger partial charge in [0.2, 0.25) is 5.91 Å². The van der Waals surface area contributed by atoms with E-state index in [9.17, 15) is 14.9 Å². The molecule has 162 valence electrons. The number of anilines is 1. The predicted molar refractivity (Wildman–Crippen MR) is 117 cm³/mol. The molecule has 3 aromatic rings. The monoisotopic (exact) mass is 443 g/mol. The minimum Gasteiger partial charge on any atom is -0.493 e. The quantitative estimate of drug-likeness (QED) is 0.302. The molecule has 31 heavy (non-hydrogen) atoms. The molecule has 0 aliphatic carbocycles. The summed E-state index contributed by atoms with van der Waals surface area (Å²) >= 11 is 1.25. The van der Waals surface area contributed by atoms with E-state index in [1.54, 1.807) is 20.3 Å². The predicted octanol–water partition coefficient (Wildman–Crippen LogP) is 3.62. The van der Waals surface area contributed by atoms with Gasteiger partial charge in [0.1, 0.15) is 0 Å². The van der Waals surface area contributed by atoms with E-state index in [4.69, 9.17) is 9.47 Å². The normalized spacial score (nSPS) is 10.5. The van der Waals surface area contributed by atoms with Crippen molar-refractivity contribution in [3.8, 4) is 22.9 Å². The minimum atomic E-state index is -0.491. The smallest absolute Gasteiger partial charge is 0.269 e. The molecule has 0 bridgehead atoms. The number of aromatic nitrogens is 3. The van der Waals surface area contributed by atoms with Gasteiger partial charge in [-0.1, -0.05) is 11.8 Å².